The molecule has 3 nitrogen and oxygen atoms in total. The van der Waals surface area contributed by atoms with E-state index in [1.165, 1.54) is 12.1 Å². The van der Waals surface area contributed by atoms with Crippen LogP contribution in [0.1, 0.15) is 18.2 Å². The molecule has 1 heterocycles. The lowest BCUT2D eigenvalue weighted by atomic mass is 10.1. The summed E-state index contributed by atoms with van der Waals surface area (Å²) in [7, 11) is 0. The van der Waals surface area contributed by atoms with Gasteiger partial charge in [0.05, 0.1) is 5.69 Å². The number of benzene rings is 1. The minimum atomic E-state index is -0.220. The van der Waals surface area contributed by atoms with Gasteiger partial charge in [0.15, 0.2) is 5.95 Å². The lowest BCUT2D eigenvalue weighted by Crippen LogP contribution is -1.98. The zero-order valence-corrected chi connectivity index (χ0v) is 9.15. The average molecular weight is 219 g/mol. The molecule has 1 aromatic heterocycles. The maximum absolute atomic E-state index is 12.7. The molecular formula is C12H14FN3. The molecule has 0 aliphatic carbocycles. The van der Waals surface area contributed by atoms with Crippen molar-refractivity contribution in [3.05, 3.63) is 47.5 Å². The number of nitrogens with zero attached hydrogens (tertiary/aromatic N) is 2. The Morgan fingerprint density at radius 1 is 1.31 bits per heavy atom. The zero-order chi connectivity index (χ0) is 11.5. The van der Waals surface area contributed by atoms with Crippen LogP contribution in [-0.4, -0.2) is 9.55 Å². The first-order valence-electron chi connectivity index (χ1n) is 5.25. The Morgan fingerprint density at radius 3 is 2.56 bits per heavy atom. The molecule has 2 aromatic rings. The van der Waals surface area contributed by atoms with Gasteiger partial charge >= 0.3 is 0 Å². The summed E-state index contributed by atoms with van der Waals surface area (Å²) in [5.41, 5.74) is 7.66. The van der Waals surface area contributed by atoms with Gasteiger partial charge in [-0.2, -0.15) is 0 Å². The molecule has 0 amide bonds. The minimum absolute atomic E-state index is 0.220. The number of halogens is 1. The molecule has 0 spiro atoms. The van der Waals surface area contributed by atoms with Gasteiger partial charge in [-0.3, -0.25) is 0 Å². The lowest BCUT2D eigenvalue weighted by Gasteiger charge is -1.97. The van der Waals surface area contributed by atoms with E-state index in [-0.39, 0.29) is 5.82 Å². The molecule has 84 valence electrons. The smallest absolute Gasteiger partial charge is 0.200 e. The number of hydrogen-bond donors (Lipinski definition) is 1. The first-order chi connectivity index (χ1) is 7.69. The summed E-state index contributed by atoms with van der Waals surface area (Å²) in [6, 6.07) is 6.43. The number of nitrogens with two attached hydrogens (primary N) is 1. The number of anilines is 1. The largest absolute Gasteiger partial charge is 0.369 e. The summed E-state index contributed by atoms with van der Waals surface area (Å²) >= 11 is 0. The van der Waals surface area contributed by atoms with Crippen LogP contribution in [0.3, 0.4) is 0 Å². The Labute approximate surface area is 93.7 Å². The number of rotatable bonds is 3. The summed E-state index contributed by atoms with van der Waals surface area (Å²) in [5, 5.41) is 0. The molecule has 0 bridgehead atoms. The normalized spacial score (nSPS) is 10.6. The quantitative estimate of drug-likeness (QED) is 0.860. The van der Waals surface area contributed by atoms with Crippen molar-refractivity contribution in [3.8, 4) is 0 Å². The molecule has 0 fully saturated rings. The highest BCUT2D eigenvalue weighted by Gasteiger charge is 2.04. The third kappa shape index (κ3) is 2.21. The van der Waals surface area contributed by atoms with Crippen molar-refractivity contribution >= 4 is 5.95 Å². The fourth-order valence-corrected chi connectivity index (χ4v) is 1.64. The number of hydrogen-bond acceptors (Lipinski definition) is 2. The van der Waals surface area contributed by atoms with Crippen LogP contribution in [0, 0.1) is 5.82 Å². The molecule has 0 aliphatic heterocycles. The highest BCUT2D eigenvalue weighted by atomic mass is 19.1. The lowest BCUT2D eigenvalue weighted by molar-refractivity contribution is 0.627. The van der Waals surface area contributed by atoms with Crippen molar-refractivity contribution < 1.29 is 4.39 Å². The Morgan fingerprint density at radius 2 is 2.00 bits per heavy atom. The van der Waals surface area contributed by atoms with Gasteiger partial charge in [0, 0.05) is 19.2 Å². The fourth-order valence-electron chi connectivity index (χ4n) is 1.64. The molecule has 2 N–H and O–H groups in total. The first-order valence-corrected chi connectivity index (χ1v) is 5.25. The number of aryl methyl sites for hydroxylation is 1. The second kappa shape index (κ2) is 4.35. The maximum Gasteiger partial charge on any atom is 0.200 e. The SMILES string of the molecule is CCn1cc(Cc2ccc(F)cc2)nc1N. The summed E-state index contributed by atoms with van der Waals surface area (Å²) in [5.74, 6) is 0.307. The van der Waals surface area contributed by atoms with Crippen molar-refractivity contribution in [3.63, 3.8) is 0 Å². The van der Waals surface area contributed by atoms with E-state index in [1.807, 2.05) is 17.7 Å². The van der Waals surface area contributed by atoms with Crippen molar-refractivity contribution in [1.29, 1.82) is 0 Å². The van der Waals surface area contributed by atoms with E-state index in [2.05, 4.69) is 4.98 Å². The van der Waals surface area contributed by atoms with Gasteiger partial charge in [-0.15, -0.1) is 0 Å². The number of nitrogen functional groups attached to an aromatic ring is 1. The standard InChI is InChI=1S/C12H14FN3/c1-2-16-8-11(15-12(16)14)7-9-3-5-10(13)6-4-9/h3-6,8H,2,7H2,1H3,(H2,14,15). The van der Waals surface area contributed by atoms with Crippen LogP contribution in [0.15, 0.2) is 30.5 Å². The molecule has 0 aliphatic rings. The molecule has 4 heteroatoms. The molecule has 1 aromatic carbocycles. The van der Waals surface area contributed by atoms with Crippen molar-refractivity contribution in [1.82, 2.24) is 9.55 Å². The topological polar surface area (TPSA) is 43.8 Å². The zero-order valence-electron chi connectivity index (χ0n) is 9.15. The minimum Gasteiger partial charge on any atom is -0.369 e. The third-order valence-corrected chi connectivity index (χ3v) is 2.50. The van der Waals surface area contributed by atoms with E-state index in [1.54, 1.807) is 12.1 Å². The van der Waals surface area contributed by atoms with E-state index in [0.29, 0.717) is 12.4 Å². The van der Waals surface area contributed by atoms with Crippen molar-refractivity contribution in [2.45, 2.75) is 19.9 Å². The van der Waals surface area contributed by atoms with Crippen molar-refractivity contribution in [2.75, 3.05) is 5.73 Å². The van der Waals surface area contributed by atoms with E-state index < -0.39 is 0 Å². The highest BCUT2D eigenvalue weighted by molar-refractivity contribution is 5.27. The highest BCUT2D eigenvalue weighted by Crippen LogP contribution is 2.11. The molecule has 0 atom stereocenters. The molecule has 16 heavy (non-hydrogen) atoms. The second-order valence-electron chi connectivity index (χ2n) is 3.68. The molecule has 0 radical (unpaired) electrons. The van der Waals surface area contributed by atoms with Crippen LogP contribution < -0.4 is 5.73 Å². The van der Waals surface area contributed by atoms with E-state index in [4.69, 9.17) is 5.73 Å². The number of imidazole rings is 1. The molecule has 2 rings (SSSR count). The Balaban J connectivity index is 2.17. The monoisotopic (exact) mass is 219 g/mol. The van der Waals surface area contributed by atoms with Gasteiger partial charge in [-0.1, -0.05) is 12.1 Å². The summed E-state index contributed by atoms with van der Waals surface area (Å²) in [4.78, 5) is 4.25. The summed E-state index contributed by atoms with van der Waals surface area (Å²) in [6.07, 6.45) is 2.61. The summed E-state index contributed by atoms with van der Waals surface area (Å²) in [6.45, 7) is 2.82. The predicted molar refractivity (Wildman–Crippen MR) is 61.5 cm³/mol. The third-order valence-electron chi connectivity index (χ3n) is 2.50. The summed E-state index contributed by atoms with van der Waals surface area (Å²) < 4.78 is 14.6. The first kappa shape index (κ1) is 10.7. The maximum atomic E-state index is 12.7. The van der Waals surface area contributed by atoms with Crippen LogP contribution in [-0.2, 0) is 13.0 Å². The molecule has 0 saturated heterocycles. The van der Waals surface area contributed by atoms with Gasteiger partial charge < -0.3 is 10.3 Å². The van der Waals surface area contributed by atoms with Crippen LogP contribution >= 0.6 is 0 Å². The van der Waals surface area contributed by atoms with Crippen LogP contribution in [0.5, 0.6) is 0 Å². The van der Waals surface area contributed by atoms with E-state index >= 15 is 0 Å². The molecular weight excluding hydrogens is 205 g/mol. The molecule has 0 unspecified atom stereocenters. The van der Waals surface area contributed by atoms with Gasteiger partial charge in [-0.25, -0.2) is 9.37 Å². The van der Waals surface area contributed by atoms with Crippen LogP contribution in [0.25, 0.3) is 0 Å². The van der Waals surface area contributed by atoms with Crippen molar-refractivity contribution in [2.24, 2.45) is 0 Å². The van der Waals surface area contributed by atoms with Gasteiger partial charge in [0.2, 0.25) is 0 Å². The van der Waals surface area contributed by atoms with Crippen LogP contribution in [0.2, 0.25) is 0 Å². The van der Waals surface area contributed by atoms with Crippen LogP contribution in [0.4, 0.5) is 10.3 Å². The van der Waals surface area contributed by atoms with Gasteiger partial charge in [0.1, 0.15) is 5.82 Å². The Hall–Kier alpha value is -1.84. The van der Waals surface area contributed by atoms with Gasteiger partial charge in [0.25, 0.3) is 0 Å². The average Bonchev–Trinajstić information content (AvgIpc) is 2.62. The molecule has 0 saturated carbocycles. The van der Waals surface area contributed by atoms with E-state index in [0.717, 1.165) is 17.8 Å². The fraction of sp³-hybridized carbons (Fsp3) is 0.250. The van der Waals surface area contributed by atoms with Gasteiger partial charge in [-0.05, 0) is 24.6 Å². The predicted octanol–water partition coefficient (Wildman–Crippen LogP) is 2.22. The number of aromatic nitrogens is 2. The Kier molecular flexibility index (Phi) is 2.90. The second-order valence-corrected chi connectivity index (χ2v) is 3.68. The Bertz CT molecular complexity index is 474. The van der Waals surface area contributed by atoms with E-state index in [9.17, 15) is 4.39 Å².